The maximum atomic E-state index is 11.9. The minimum absolute atomic E-state index is 0.0132. The minimum Gasteiger partial charge on any atom is -0.445 e. The first kappa shape index (κ1) is 15.8. The predicted molar refractivity (Wildman–Crippen MR) is 83.9 cm³/mol. The summed E-state index contributed by atoms with van der Waals surface area (Å²) in [7, 11) is 0. The standard InChI is InChI=1S/C15H16N4O5/c1-2-15(9-18-8-12(19(21)22)17-13(18)24-15)10-23-14(20)16-11-6-4-3-5-7-11/h3-8H,2,9-10H2,1H3,(H,16,20). The second-order valence-corrected chi connectivity index (χ2v) is 5.47. The second-order valence-electron chi connectivity index (χ2n) is 5.47. The van der Waals surface area contributed by atoms with Crippen LogP contribution < -0.4 is 10.1 Å². The van der Waals surface area contributed by atoms with E-state index in [1.807, 2.05) is 13.0 Å². The fraction of sp³-hybridized carbons (Fsp3) is 0.333. The Morgan fingerprint density at radius 1 is 1.50 bits per heavy atom. The smallest absolute Gasteiger partial charge is 0.415 e. The third kappa shape index (κ3) is 3.14. The lowest BCUT2D eigenvalue weighted by Gasteiger charge is -2.24. The van der Waals surface area contributed by atoms with Crippen LogP contribution in [-0.4, -0.2) is 32.8 Å². The Morgan fingerprint density at radius 3 is 2.88 bits per heavy atom. The van der Waals surface area contributed by atoms with Crippen LogP contribution >= 0.6 is 0 Å². The molecule has 1 N–H and O–H groups in total. The summed E-state index contributed by atoms with van der Waals surface area (Å²) in [6.45, 7) is 2.23. The SMILES string of the molecule is CCC1(COC(=O)Nc2ccccc2)Cn2cc([N+](=O)[O-])nc2O1. The lowest BCUT2D eigenvalue weighted by atomic mass is 10.0. The topological polar surface area (TPSA) is 109 Å². The first-order chi connectivity index (χ1) is 11.5. The number of hydrogen-bond acceptors (Lipinski definition) is 6. The Morgan fingerprint density at radius 2 is 2.25 bits per heavy atom. The third-order valence-electron chi connectivity index (χ3n) is 3.81. The zero-order chi connectivity index (χ0) is 17.2. The van der Waals surface area contributed by atoms with E-state index in [1.165, 1.54) is 6.20 Å². The Kier molecular flexibility index (Phi) is 4.07. The summed E-state index contributed by atoms with van der Waals surface area (Å²) in [5.41, 5.74) is -0.144. The van der Waals surface area contributed by atoms with Gasteiger partial charge in [-0.15, -0.1) is 0 Å². The molecular formula is C15H16N4O5. The third-order valence-corrected chi connectivity index (χ3v) is 3.81. The van der Waals surface area contributed by atoms with Gasteiger partial charge in [-0.3, -0.25) is 9.88 Å². The number of rotatable bonds is 5. The molecule has 9 heteroatoms. The number of benzene rings is 1. The molecule has 1 atom stereocenters. The number of nitro groups is 1. The molecule has 0 aliphatic carbocycles. The van der Waals surface area contributed by atoms with Gasteiger partial charge >= 0.3 is 17.9 Å². The number of hydrogen-bond donors (Lipinski definition) is 1. The summed E-state index contributed by atoms with van der Waals surface area (Å²) in [6, 6.07) is 9.10. The van der Waals surface area contributed by atoms with Crippen molar-refractivity contribution in [1.29, 1.82) is 0 Å². The second kappa shape index (κ2) is 6.19. The molecule has 0 spiro atoms. The van der Waals surface area contributed by atoms with E-state index in [4.69, 9.17) is 9.47 Å². The zero-order valence-corrected chi connectivity index (χ0v) is 13.0. The lowest BCUT2D eigenvalue weighted by molar-refractivity contribution is -0.389. The molecule has 0 bridgehead atoms. The summed E-state index contributed by atoms with van der Waals surface area (Å²) >= 11 is 0. The van der Waals surface area contributed by atoms with Gasteiger partial charge in [-0.1, -0.05) is 25.1 Å². The Balaban J connectivity index is 1.60. The number of nitrogens with zero attached hydrogens (tertiary/aromatic N) is 3. The number of amides is 1. The molecule has 24 heavy (non-hydrogen) atoms. The molecule has 1 amide bonds. The number of fused-ring (bicyclic) bond motifs is 1. The molecule has 3 rings (SSSR count). The zero-order valence-electron chi connectivity index (χ0n) is 13.0. The van der Waals surface area contributed by atoms with Crippen molar-refractivity contribution < 1.29 is 19.2 Å². The van der Waals surface area contributed by atoms with Crippen LogP contribution in [0.2, 0.25) is 0 Å². The summed E-state index contributed by atoms with van der Waals surface area (Å²) in [4.78, 5) is 25.8. The van der Waals surface area contributed by atoms with E-state index < -0.39 is 16.6 Å². The van der Waals surface area contributed by atoms with Crippen LogP contribution in [0, 0.1) is 10.1 Å². The first-order valence-electron chi connectivity index (χ1n) is 7.41. The van der Waals surface area contributed by atoms with E-state index >= 15 is 0 Å². The van der Waals surface area contributed by atoms with Crippen molar-refractivity contribution in [2.75, 3.05) is 11.9 Å². The Hall–Kier alpha value is -3.10. The molecular weight excluding hydrogens is 316 g/mol. The number of carbonyl (C=O) groups excluding carboxylic acids is 1. The Bertz CT molecular complexity index is 735. The fourth-order valence-electron chi connectivity index (χ4n) is 2.44. The van der Waals surface area contributed by atoms with Crippen molar-refractivity contribution in [3.05, 3.63) is 46.6 Å². The van der Waals surface area contributed by atoms with Gasteiger partial charge in [-0.2, -0.15) is 0 Å². The van der Waals surface area contributed by atoms with Crippen LogP contribution in [0.1, 0.15) is 13.3 Å². The van der Waals surface area contributed by atoms with Gasteiger partial charge in [0, 0.05) is 10.7 Å². The van der Waals surface area contributed by atoms with Gasteiger partial charge in [-0.25, -0.2) is 4.79 Å². The van der Waals surface area contributed by atoms with Crippen LogP contribution in [0.5, 0.6) is 6.01 Å². The minimum atomic E-state index is -0.772. The molecule has 1 aromatic carbocycles. The van der Waals surface area contributed by atoms with Crippen LogP contribution in [0.3, 0.4) is 0 Å². The van der Waals surface area contributed by atoms with Crippen molar-refractivity contribution in [3.63, 3.8) is 0 Å². The van der Waals surface area contributed by atoms with E-state index in [0.29, 0.717) is 18.7 Å². The number of imidazole rings is 1. The van der Waals surface area contributed by atoms with Crippen molar-refractivity contribution in [1.82, 2.24) is 9.55 Å². The molecule has 1 aliphatic rings. The van der Waals surface area contributed by atoms with Crippen LogP contribution in [-0.2, 0) is 11.3 Å². The van der Waals surface area contributed by atoms with Crippen molar-refractivity contribution in [3.8, 4) is 6.01 Å². The number of anilines is 1. The van der Waals surface area contributed by atoms with E-state index in [-0.39, 0.29) is 18.4 Å². The van der Waals surface area contributed by atoms with Gasteiger partial charge in [0.25, 0.3) is 0 Å². The molecule has 9 nitrogen and oxygen atoms in total. The van der Waals surface area contributed by atoms with Gasteiger partial charge in [0.1, 0.15) is 12.8 Å². The fourth-order valence-corrected chi connectivity index (χ4v) is 2.44. The van der Waals surface area contributed by atoms with Crippen LogP contribution in [0.25, 0.3) is 0 Å². The van der Waals surface area contributed by atoms with Crippen LogP contribution in [0.4, 0.5) is 16.3 Å². The molecule has 1 aliphatic heterocycles. The highest BCUT2D eigenvalue weighted by Gasteiger charge is 2.43. The summed E-state index contributed by atoms with van der Waals surface area (Å²) in [5, 5.41) is 13.3. The van der Waals surface area contributed by atoms with Gasteiger partial charge < -0.3 is 19.6 Å². The van der Waals surface area contributed by atoms with Gasteiger partial charge in [-0.05, 0) is 23.5 Å². The van der Waals surface area contributed by atoms with E-state index in [1.54, 1.807) is 28.8 Å². The molecule has 2 heterocycles. The highest BCUT2D eigenvalue weighted by molar-refractivity contribution is 5.84. The summed E-state index contributed by atoms with van der Waals surface area (Å²) in [5.74, 6) is -0.266. The number of nitrogens with one attached hydrogen (secondary N) is 1. The van der Waals surface area contributed by atoms with Crippen molar-refractivity contribution in [2.45, 2.75) is 25.5 Å². The normalized spacial score (nSPS) is 18.5. The molecule has 126 valence electrons. The van der Waals surface area contributed by atoms with Crippen molar-refractivity contribution >= 4 is 17.6 Å². The van der Waals surface area contributed by atoms with Gasteiger partial charge in [0.15, 0.2) is 5.60 Å². The summed E-state index contributed by atoms with van der Waals surface area (Å²) in [6.07, 6.45) is 1.28. The van der Waals surface area contributed by atoms with E-state index in [9.17, 15) is 14.9 Å². The average molecular weight is 332 g/mol. The molecule has 0 radical (unpaired) electrons. The summed E-state index contributed by atoms with van der Waals surface area (Å²) < 4.78 is 12.5. The van der Waals surface area contributed by atoms with Crippen molar-refractivity contribution in [2.24, 2.45) is 0 Å². The van der Waals surface area contributed by atoms with Gasteiger partial charge in [0.2, 0.25) is 0 Å². The lowest BCUT2D eigenvalue weighted by Crippen LogP contribution is -2.41. The Labute approximate surface area is 137 Å². The molecule has 1 unspecified atom stereocenters. The van der Waals surface area contributed by atoms with E-state index in [0.717, 1.165) is 0 Å². The molecule has 0 fully saturated rings. The average Bonchev–Trinajstić information content (AvgIpc) is 3.10. The maximum Gasteiger partial charge on any atom is 0.415 e. The number of aromatic nitrogens is 2. The number of para-hydroxylation sites is 1. The maximum absolute atomic E-state index is 11.9. The van der Waals surface area contributed by atoms with E-state index in [2.05, 4.69) is 10.3 Å². The quantitative estimate of drug-likeness (QED) is 0.666. The highest BCUT2D eigenvalue weighted by atomic mass is 16.6. The molecule has 0 saturated heterocycles. The first-order valence-corrected chi connectivity index (χ1v) is 7.41. The molecule has 1 aromatic heterocycles. The molecule has 0 saturated carbocycles. The molecule has 2 aromatic rings. The van der Waals surface area contributed by atoms with Crippen LogP contribution in [0.15, 0.2) is 36.5 Å². The number of carbonyl (C=O) groups is 1. The van der Waals surface area contributed by atoms with Gasteiger partial charge in [0.05, 0.1) is 6.54 Å². The highest BCUT2D eigenvalue weighted by Crippen LogP contribution is 2.33. The monoisotopic (exact) mass is 332 g/mol. The predicted octanol–water partition coefficient (Wildman–Crippen LogP) is 2.58. The largest absolute Gasteiger partial charge is 0.445 e. The number of ether oxygens (including phenoxy) is 2.